The summed E-state index contributed by atoms with van der Waals surface area (Å²) in [6, 6.07) is 0. The Kier molecular flexibility index (Phi) is 2.72. The maximum atomic E-state index is 11.6. The number of aromatic nitrogens is 4. The topological polar surface area (TPSA) is 110 Å². The van der Waals surface area contributed by atoms with Gasteiger partial charge in [0.05, 0.1) is 11.9 Å². The molecule has 0 unspecified atom stereocenters. The molecule has 0 aliphatic rings. The number of imidazole rings is 1. The molecule has 0 aliphatic carbocycles. The average molecular weight is 255 g/mol. The standard InChI is InChI=1S/C9H11ClN6O/c1-9(2,11)7(17)16-8-14-5(10)4-6(15-8)13-3-12-4/h3H,11H2,1-2H3,(H2,12,13,14,15,16,17). The number of carbonyl (C=O) groups is 1. The van der Waals surface area contributed by atoms with Gasteiger partial charge in [-0.05, 0) is 13.8 Å². The van der Waals surface area contributed by atoms with E-state index in [9.17, 15) is 4.79 Å². The number of hydrogen-bond donors (Lipinski definition) is 3. The van der Waals surface area contributed by atoms with Crippen molar-refractivity contribution in [2.24, 2.45) is 5.73 Å². The number of rotatable bonds is 2. The van der Waals surface area contributed by atoms with Crippen molar-refractivity contribution in [3.8, 4) is 0 Å². The van der Waals surface area contributed by atoms with Crippen molar-refractivity contribution in [3.05, 3.63) is 11.5 Å². The molecular weight excluding hydrogens is 244 g/mol. The molecule has 7 nitrogen and oxygen atoms in total. The predicted octanol–water partition coefficient (Wildman–Crippen LogP) is 0.682. The van der Waals surface area contributed by atoms with E-state index in [4.69, 9.17) is 17.3 Å². The normalized spacial score (nSPS) is 11.8. The van der Waals surface area contributed by atoms with Crippen LogP contribution in [0.4, 0.5) is 5.95 Å². The minimum atomic E-state index is -1.02. The van der Waals surface area contributed by atoms with Crippen LogP contribution in [0.1, 0.15) is 13.8 Å². The van der Waals surface area contributed by atoms with Crippen molar-refractivity contribution < 1.29 is 4.79 Å². The first-order valence-electron chi connectivity index (χ1n) is 4.85. The van der Waals surface area contributed by atoms with E-state index < -0.39 is 11.4 Å². The molecule has 2 aromatic heterocycles. The molecule has 0 saturated heterocycles. The maximum Gasteiger partial charge on any atom is 0.246 e. The van der Waals surface area contributed by atoms with Crippen LogP contribution in [-0.2, 0) is 4.79 Å². The summed E-state index contributed by atoms with van der Waals surface area (Å²) in [6.07, 6.45) is 1.45. The zero-order valence-electron chi connectivity index (χ0n) is 9.28. The van der Waals surface area contributed by atoms with Gasteiger partial charge in [0, 0.05) is 0 Å². The Hall–Kier alpha value is -1.73. The van der Waals surface area contributed by atoms with Crippen molar-refractivity contribution in [1.82, 2.24) is 19.9 Å². The van der Waals surface area contributed by atoms with Crippen molar-refractivity contribution >= 4 is 34.6 Å². The molecule has 1 amide bonds. The Morgan fingerprint density at radius 1 is 1.53 bits per heavy atom. The summed E-state index contributed by atoms with van der Waals surface area (Å²) >= 11 is 5.90. The quantitative estimate of drug-likeness (QED) is 0.683. The molecule has 2 aromatic rings. The highest BCUT2D eigenvalue weighted by atomic mass is 35.5. The van der Waals surface area contributed by atoms with E-state index in [1.807, 2.05) is 0 Å². The van der Waals surface area contributed by atoms with Gasteiger partial charge in [0.2, 0.25) is 11.9 Å². The van der Waals surface area contributed by atoms with E-state index in [0.717, 1.165) is 0 Å². The average Bonchev–Trinajstić information content (AvgIpc) is 2.64. The Labute approximate surface area is 102 Å². The van der Waals surface area contributed by atoms with Gasteiger partial charge in [-0.15, -0.1) is 0 Å². The maximum absolute atomic E-state index is 11.6. The molecule has 4 N–H and O–H groups in total. The van der Waals surface area contributed by atoms with Crippen LogP contribution in [0.5, 0.6) is 0 Å². The fraction of sp³-hybridized carbons (Fsp3) is 0.333. The van der Waals surface area contributed by atoms with E-state index in [2.05, 4.69) is 25.3 Å². The van der Waals surface area contributed by atoms with E-state index in [-0.39, 0.29) is 11.1 Å². The Balaban J connectivity index is 2.34. The van der Waals surface area contributed by atoms with Gasteiger partial charge in [0.25, 0.3) is 0 Å². The summed E-state index contributed by atoms with van der Waals surface area (Å²) in [5.74, 6) is -0.318. The lowest BCUT2D eigenvalue weighted by Crippen LogP contribution is -2.45. The lowest BCUT2D eigenvalue weighted by molar-refractivity contribution is -0.120. The van der Waals surface area contributed by atoms with Gasteiger partial charge in [0.1, 0.15) is 5.52 Å². The monoisotopic (exact) mass is 254 g/mol. The summed E-state index contributed by atoms with van der Waals surface area (Å²) in [4.78, 5) is 26.3. The molecule has 2 heterocycles. The molecule has 0 bridgehead atoms. The highest BCUT2D eigenvalue weighted by molar-refractivity contribution is 6.33. The molecule has 0 aromatic carbocycles. The fourth-order valence-corrected chi connectivity index (χ4v) is 1.34. The zero-order valence-corrected chi connectivity index (χ0v) is 10.0. The molecule has 0 spiro atoms. The van der Waals surface area contributed by atoms with Crippen LogP contribution < -0.4 is 11.1 Å². The summed E-state index contributed by atoms with van der Waals surface area (Å²) < 4.78 is 0. The summed E-state index contributed by atoms with van der Waals surface area (Å²) in [6.45, 7) is 3.16. The third-order valence-electron chi connectivity index (χ3n) is 2.05. The number of hydrogen-bond acceptors (Lipinski definition) is 5. The number of aromatic amines is 1. The molecule has 0 saturated carbocycles. The number of anilines is 1. The van der Waals surface area contributed by atoms with Crippen molar-refractivity contribution in [2.45, 2.75) is 19.4 Å². The first kappa shape index (κ1) is 11.7. The van der Waals surface area contributed by atoms with Crippen LogP contribution >= 0.6 is 11.6 Å². The second-order valence-electron chi connectivity index (χ2n) is 4.11. The Morgan fingerprint density at radius 2 is 2.24 bits per heavy atom. The van der Waals surface area contributed by atoms with Crippen LogP contribution in [0.3, 0.4) is 0 Å². The van der Waals surface area contributed by atoms with Crippen LogP contribution in [0.25, 0.3) is 11.2 Å². The molecule has 0 radical (unpaired) electrons. The van der Waals surface area contributed by atoms with Crippen LogP contribution in [0.15, 0.2) is 6.33 Å². The summed E-state index contributed by atoms with van der Waals surface area (Å²) in [7, 11) is 0. The third kappa shape index (κ3) is 2.34. The number of amides is 1. The molecule has 0 atom stereocenters. The molecule has 17 heavy (non-hydrogen) atoms. The minimum absolute atomic E-state index is 0.0816. The van der Waals surface area contributed by atoms with Gasteiger partial charge in [-0.2, -0.15) is 9.97 Å². The number of nitrogens with two attached hydrogens (primary N) is 1. The number of nitrogens with one attached hydrogen (secondary N) is 2. The summed E-state index contributed by atoms with van der Waals surface area (Å²) in [5.41, 5.74) is 5.53. The van der Waals surface area contributed by atoms with Crippen molar-refractivity contribution in [1.29, 1.82) is 0 Å². The lowest BCUT2D eigenvalue weighted by Gasteiger charge is -2.16. The first-order valence-corrected chi connectivity index (χ1v) is 5.22. The molecule has 90 valence electrons. The second-order valence-corrected chi connectivity index (χ2v) is 4.47. The lowest BCUT2D eigenvalue weighted by atomic mass is 10.1. The van der Waals surface area contributed by atoms with Crippen molar-refractivity contribution in [2.75, 3.05) is 5.32 Å². The first-order chi connectivity index (χ1) is 7.88. The number of H-pyrrole nitrogens is 1. The van der Waals surface area contributed by atoms with Gasteiger partial charge in [0.15, 0.2) is 10.8 Å². The Bertz CT molecular complexity index is 572. The molecule has 2 rings (SSSR count). The van der Waals surface area contributed by atoms with E-state index in [0.29, 0.717) is 11.2 Å². The van der Waals surface area contributed by atoms with E-state index >= 15 is 0 Å². The molecular formula is C9H11ClN6O. The van der Waals surface area contributed by atoms with Gasteiger partial charge >= 0.3 is 0 Å². The third-order valence-corrected chi connectivity index (χ3v) is 2.33. The van der Waals surface area contributed by atoms with Crippen LogP contribution in [-0.4, -0.2) is 31.4 Å². The molecule has 0 fully saturated rings. The van der Waals surface area contributed by atoms with Gasteiger partial charge in [-0.25, -0.2) is 4.98 Å². The number of fused-ring (bicyclic) bond motifs is 1. The second kappa shape index (κ2) is 3.94. The fourth-order valence-electron chi connectivity index (χ4n) is 1.12. The van der Waals surface area contributed by atoms with Gasteiger partial charge in [-0.1, -0.05) is 11.6 Å². The SMILES string of the molecule is CC(C)(N)C(=O)Nc1nc(Cl)c2[nH]cnc2n1. The number of halogens is 1. The smallest absolute Gasteiger partial charge is 0.246 e. The van der Waals surface area contributed by atoms with E-state index in [1.165, 1.54) is 6.33 Å². The molecule has 8 heteroatoms. The van der Waals surface area contributed by atoms with E-state index in [1.54, 1.807) is 13.8 Å². The predicted molar refractivity (Wildman–Crippen MR) is 63.6 cm³/mol. The minimum Gasteiger partial charge on any atom is -0.341 e. The highest BCUT2D eigenvalue weighted by Gasteiger charge is 2.23. The summed E-state index contributed by atoms with van der Waals surface area (Å²) in [5, 5.41) is 2.67. The van der Waals surface area contributed by atoms with Gasteiger partial charge in [-0.3, -0.25) is 10.1 Å². The highest BCUT2D eigenvalue weighted by Crippen LogP contribution is 2.18. The molecule has 0 aliphatic heterocycles. The van der Waals surface area contributed by atoms with Gasteiger partial charge < -0.3 is 10.7 Å². The largest absolute Gasteiger partial charge is 0.341 e. The zero-order chi connectivity index (χ0) is 12.6. The van der Waals surface area contributed by atoms with Crippen molar-refractivity contribution in [3.63, 3.8) is 0 Å². The van der Waals surface area contributed by atoms with Crippen LogP contribution in [0, 0.1) is 0 Å². The van der Waals surface area contributed by atoms with Crippen LogP contribution in [0.2, 0.25) is 5.15 Å². The number of nitrogens with zero attached hydrogens (tertiary/aromatic N) is 3. The Morgan fingerprint density at radius 3 is 2.88 bits per heavy atom. The number of carbonyl (C=O) groups excluding carboxylic acids is 1.